The van der Waals surface area contributed by atoms with Crippen LogP contribution in [0.25, 0.3) is 0 Å². The highest BCUT2D eigenvalue weighted by atomic mass is 16.3. The summed E-state index contributed by atoms with van der Waals surface area (Å²) in [5.74, 6) is 3.62. The lowest BCUT2D eigenvalue weighted by molar-refractivity contribution is 0.397. The van der Waals surface area contributed by atoms with Gasteiger partial charge in [0.05, 0.1) is 12.8 Å². The summed E-state index contributed by atoms with van der Waals surface area (Å²) in [6, 6.07) is 3.96. The van der Waals surface area contributed by atoms with Crippen molar-refractivity contribution in [3.05, 3.63) is 36.3 Å². The van der Waals surface area contributed by atoms with Crippen molar-refractivity contribution in [2.24, 2.45) is 17.8 Å². The van der Waals surface area contributed by atoms with Crippen molar-refractivity contribution in [3.8, 4) is 0 Å². The number of allylic oxidation sites excluding steroid dienone is 2. The van der Waals surface area contributed by atoms with E-state index in [9.17, 15) is 0 Å². The first-order valence-corrected chi connectivity index (χ1v) is 5.83. The molecule has 0 saturated heterocycles. The van der Waals surface area contributed by atoms with E-state index in [2.05, 4.69) is 17.5 Å². The van der Waals surface area contributed by atoms with Gasteiger partial charge in [-0.3, -0.25) is 0 Å². The fourth-order valence-electron chi connectivity index (χ4n) is 2.92. The predicted molar refractivity (Wildman–Crippen MR) is 59.3 cm³/mol. The molecule has 3 rings (SSSR count). The standard InChI is InChI=1S/C13H17NO/c1-2-13(15-5-1)9-14-8-12-7-10-3-4-11(12)6-10/h1-5,10-12,14H,6-9H2/t10-,11-,12-/m0/s1. The third kappa shape index (κ3) is 1.86. The molecule has 3 atom stereocenters. The first-order valence-electron chi connectivity index (χ1n) is 5.83. The molecule has 0 amide bonds. The van der Waals surface area contributed by atoms with Gasteiger partial charge in [0, 0.05) is 0 Å². The summed E-state index contributed by atoms with van der Waals surface area (Å²) >= 11 is 0. The van der Waals surface area contributed by atoms with Gasteiger partial charge < -0.3 is 9.73 Å². The smallest absolute Gasteiger partial charge is 0.117 e. The second kappa shape index (κ2) is 3.86. The van der Waals surface area contributed by atoms with E-state index < -0.39 is 0 Å². The fourth-order valence-corrected chi connectivity index (χ4v) is 2.92. The van der Waals surface area contributed by atoms with E-state index in [4.69, 9.17) is 4.42 Å². The van der Waals surface area contributed by atoms with Gasteiger partial charge in [-0.1, -0.05) is 12.2 Å². The van der Waals surface area contributed by atoms with Crippen LogP contribution in [0.2, 0.25) is 0 Å². The van der Waals surface area contributed by atoms with Gasteiger partial charge in [-0.05, 0) is 49.3 Å². The van der Waals surface area contributed by atoms with Crippen LogP contribution in [-0.4, -0.2) is 6.54 Å². The van der Waals surface area contributed by atoms with Gasteiger partial charge in [0.1, 0.15) is 5.76 Å². The van der Waals surface area contributed by atoms with Crippen molar-refractivity contribution in [1.82, 2.24) is 5.32 Å². The fraction of sp³-hybridized carbons (Fsp3) is 0.538. The Morgan fingerprint density at radius 2 is 2.33 bits per heavy atom. The summed E-state index contributed by atoms with van der Waals surface area (Å²) in [5, 5.41) is 3.49. The summed E-state index contributed by atoms with van der Waals surface area (Å²) in [6.07, 6.45) is 9.32. The monoisotopic (exact) mass is 203 g/mol. The van der Waals surface area contributed by atoms with Crippen LogP contribution < -0.4 is 5.32 Å². The highest BCUT2D eigenvalue weighted by molar-refractivity contribution is 5.10. The summed E-state index contributed by atoms with van der Waals surface area (Å²) in [6.45, 7) is 2.00. The molecule has 2 aliphatic carbocycles. The number of nitrogens with one attached hydrogen (secondary N) is 1. The molecule has 2 bridgehead atoms. The summed E-state index contributed by atoms with van der Waals surface area (Å²) in [4.78, 5) is 0. The van der Waals surface area contributed by atoms with E-state index in [-0.39, 0.29) is 0 Å². The Morgan fingerprint density at radius 1 is 1.33 bits per heavy atom. The van der Waals surface area contributed by atoms with E-state index in [1.807, 2.05) is 12.1 Å². The molecule has 2 nitrogen and oxygen atoms in total. The number of rotatable bonds is 4. The third-order valence-electron chi connectivity index (χ3n) is 3.70. The lowest BCUT2D eigenvalue weighted by Gasteiger charge is -2.17. The van der Waals surface area contributed by atoms with Crippen LogP contribution in [-0.2, 0) is 6.54 Å². The number of furan rings is 1. The zero-order valence-corrected chi connectivity index (χ0v) is 8.86. The molecule has 1 saturated carbocycles. The van der Waals surface area contributed by atoms with Crippen LogP contribution in [0.3, 0.4) is 0 Å². The van der Waals surface area contributed by atoms with E-state index in [0.29, 0.717) is 0 Å². The van der Waals surface area contributed by atoms with Crippen molar-refractivity contribution in [2.75, 3.05) is 6.54 Å². The molecule has 1 aromatic rings. The van der Waals surface area contributed by atoms with Gasteiger partial charge in [-0.2, -0.15) is 0 Å². The molecule has 15 heavy (non-hydrogen) atoms. The first-order chi connectivity index (χ1) is 7.42. The minimum atomic E-state index is 0.846. The summed E-state index contributed by atoms with van der Waals surface area (Å²) in [7, 11) is 0. The lowest BCUT2D eigenvalue weighted by Crippen LogP contribution is -2.24. The molecule has 0 unspecified atom stereocenters. The van der Waals surface area contributed by atoms with E-state index in [1.165, 1.54) is 12.8 Å². The summed E-state index contributed by atoms with van der Waals surface area (Å²) < 4.78 is 5.28. The largest absolute Gasteiger partial charge is 0.468 e. The SMILES string of the molecule is C1=C[C@H]2C[C@H]1C[C@H]2CNCc1ccco1. The minimum Gasteiger partial charge on any atom is -0.468 e. The lowest BCUT2D eigenvalue weighted by atomic mass is 9.94. The molecule has 0 aliphatic heterocycles. The van der Waals surface area contributed by atoms with Crippen LogP contribution in [0.5, 0.6) is 0 Å². The van der Waals surface area contributed by atoms with Gasteiger partial charge in [0.25, 0.3) is 0 Å². The quantitative estimate of drug-likeness (QED) is 0.761. The molecule has 0 spiro atoms. The van der Waals surface area contributed by atoms with Crippen LogP contribution >= 0.6 is 0 Å². The van der Waals surface area contributed by atoms with Crippen LogP contribution in [0.4, 0.5) is 0 Å². The number of fused-ring (bicyclic) bond motifs is 2. The Kier molecular flexibility index (Phi) is 2.37. The molecule has 1 heterocycles. The average Bonchev–Trinajstić information content (AvgIpc) is 2.93. The zero-order chi connectivity index (χ0) is 10.1. The molecular weight excluding hydrogens is 186 g/mol. The molecule has 2 aliphatic rings. The van der Waals surface area contributed by atoms with Crippen LogP contribution in [0.15, 0.2) is 35.0 Å². The van der Waals surface area contributed by atoms with Crippen molar-refractivity contribution >= 4 is 0 Å². The Bertz CT molecular complexity index is 341. The highest BCUT2D eigenvalue weighted by Crippen LogP contribution is 2.42. The Hall–Kier alpha value is -1.02. The molecule has 0 aromatic carbocycles. The Balaban J connectivity index is 1.45. The van der Waals surface area contributed by atoms with Crippen molar-refractivity contribution in [2.45, 2.75) is 19.4 Å². The Morgan fingerprint density at radius 3 is 3.00 bits per heavy atom. The molecule has 2 heteroatoms. The molecule has 1 fully saturated rings. The van der Waals surface area contributed by atoms with Crippen LogP contribution in [0, 0.1) is 17.8 Å². The maximum Gasteiger partial charge on any atom is 0.117 e. The van der Waals surface area contributed by atoms with Crippen molar-refractivity contribution in [3.63, 3.8) is 0 Å². The van der Waals surface area contributed by atoms with Gasteiger partial charge in [0.2, 0.25) is 0 Å². The maximum absolute atomic E-state index is 5.28. The maximum atomic E-state index is 5.28. The molecule has 0 radical (unpaired) electrons. The molecule has 1 aromatic heterocycles. The highest BCUT2D eigenvalue weighted by Gasteiger charge is 2.34. The molecule has 80 valence electrons. The predicted octanol–water partition coefficient (Wildman–Crippen LogP) is 2.58. The summed E-state index contributed by atoms with van der Waals surface area (Å²) in [5.41, 5.74) is 0. The van der Waals surface area contributed by atoms with Gasteiger partial charge in [0.15, 0.2) is 0 Å². The van der Waals surface area contributed by atoms with Gasteiger partial charge in [-0.25, -0.2) is 0 Å². The van der Waals surface area contributed by atoms with Crippen molar-refractivity contribution in [1.29, 1.82) is 0 Å². The second-order valence-corrected chi connectivity index (χ2v) is 4.75. The molecular formula is C13H17NO. The number of hydrogen-bond acceptors (Lipinski definition) is 2. The first kappa shape index (κ1) is 9.22. The Labute approximate surface area is 90.4 Å². The third-order valence-corrected chi connectivity index (χ3v) is 3.70. The zero-order valence-electron chi connectivity index (χ0n) is 8.86. The normalized spacial score (nSPS) is 32.7. The minimum absolute atomic E-state index is 0.846. The second-order valence-electron chi connectivity index (χ2n) is 4.75. The van der Waals surface area contributed by atoms with Crippen molar-refractivity contribution < 1.29 is 4.42 Å². The molecule has 1 N–H and O–H groups in total. The average molecular weight is 203 g/mol. The van der Waals surface area contributed by atoms with Gasteiger partial charge in [-0.15, -0.1) is 0 Å². The van der Waals surface area contributed by atoms with E-state index >= 15 is 0 Å². The van der Waals surface area contributed by atoms with Gasteiger partial charge >= 0.3 is 0 Å². The topological polar surface area (TPSA) is 25.2 Å². The van der Waals surface area contributed by atoms with Crippen LogP contribution in [0.1, 0.15) is 18.6 Å². The van der Waals surface area contributed by atoms with E-state index in [0.717, 1.165) is 36.6 Å². The number of hydrogen-bond donors (Lipinski definition) is 1. The van der Waals surface area contributed by atoms with E-state index in [1.54, 1.807) is 6.26 Å².